The highest BCUT2D eigenvalue weighted by Crippen LogP contribution is 2.12. The Balaban J connectivity index is 2.59. The lowest BCUT2D eigenvalue weighted by Gasteiger charge is -2.19. The molecular formula is C17H28N2. The maximum atomic E-state index is 3.98. The molecule has 0 unspecified atom stereocenters. The Labute approximate surface area is 118 Å². The van der Waals surface area contributed by atoms with Gasteiger partial charge in [0.2, 0.25) is 0 Å². The molecule has 0 bridgehead atoms. The van der Waals surface area contributed by atoms with E-state index in [2.05, 4.69) is 68.9 Å². The second-order valence-electron chi connectivity index (χ2n) is 5.76. The van der Waals surface area contributed by atoms with Gasteiger partial charge in [-0.05, 0) is 38.1 Å². The fraction of sp³-hybridized carbons (Fsp3) is 0.529. The van der Waals surface area contributed by atoms with Gasteiger partial charge < -0.3 is 5.32 Å². The van der Waals surface area contributed by atoms with Crippen molar-refractivity contribution >= 4 is 0 Å². The van der Waals surface area contributed by atoms with E-state index < -0.39 is 0 Å². The number of rotatable bonds is 8. The monoisotopic (exact) mass is 260 g/mol. The minimum absolute atomic E-state index is 0.554. The van der Waals surface area contributed by atoms with E-state index >= 15 is 0 Å². The van der Waals surface area contributed by atoms with Crippen LogP contribution in [0.1, 0.15) is 31.9 Å². The van der Waals surface area contributed by atoms with E-state index in [4.69, 9.17) is 0 Å². The number of benzene rings is 1. The molecule has 0 radical (unpaired) electrons. The van der Waals surface area contributed by atoms with Gasteiger partial charge in [0, 0.05) is 19.1 Å². The summed E-state index contributed by atoms with van der Waals surface area (Å²) >= 11 is 0. The van der Waals surface area contributed by atoms with Crippen LogP contribution in [0.5, 0.6) is 0 Å². The van der Waals surface area contributed by atoms with E-state index in [9.17, 15) is 0 Å². The predicted molar refractivity (Wildman–Crippen MR) is 84.4 cm³/mol. The van der Waals surface area contributed by atoms with Gasteiger partial charge in [0.25, 0.3) is 0 Å². The molecule has 0 saturated carbocycles. The van der Waals surface area contributed by atoms with Gasteiger partial charge in [-0.3, -0.25) is 4.90 Å². The molecule has 0 aliphatic heterocycles. The lowest BCUT2D eigenvalue weighted by atomic mass is 10.0. The summed E-state index contributed by atoms with van der Waals surface area (Å²) in [5.41, 5.74) is 4.09. The molecule has 2 heteroatoms. The van der Waals surface area contributed by atoms with Gasteiger partial charge in [-0.1, -0.05) is 50.3 Å². The average Bonchev–Trinajstić information content (AvgIpc) is 2.29. The quantitative estimate of drug-likeness (QED) is 0.722. The zero-order valence-electron chi connectivity index (χ0n) is 12.9. The summed E-state index contributed by atoms with van der Waals surface area (Å²) in [6.45, 7) is 13.4. The van der Waals surface area contributed by atoms with Gasteiger partial charge in [-0.15, -0.1) is 0 Å². The van der Waals surface area contributed by atoms with Crippen LogP contribution < -0.4 is 5.32 Å². The van der Waals surface area contributed by atoms with Crippen LogP contribution in [0.25, 0.3) is 0 Å². The highest BCUT2D eigenvalue weighted by molar-refractivity contribution is 5.27. The largest absolute Gasteiger partial charge is 0.314 e. The van der Waals surface area contributed by atoms with Crippen molar-refractivity contribution in [2.24, 2.45) is 0 Å². The Kier molecular flexibility index (Phi) is 6.82. The Bertz CT molecular complexity index is 396. The lowest BCUT2D eigenvalue weighted by molar-refractivity contribution is 0.354. The summed E-state index contributed by atoms with van der Waals surface area (Å²) in [4.78, 5) is 2.32. The summed E-state index contributed by atoms with van der Waals surface area (Å²) in [6.07, 6.45) is 1.09. The normalized spacial score (nSPS) is 11.3. The van der Waals surface area contributed by atoms with Crippen LogP contribution in [-0.4, -0.2) is 31.1 Å². The molecule has 0 spiro atoms. The van der Waals surface area contributed by atoms with Crippen LogP contribution in [0.4, 0.5) is 0 Å². The Morgan fingerprint density at radius 1 is 1.26 bits per heavy atom. The molecule has 0 atom stereocenters. The van der Waals surface area contributed by atoms with Crippen molar-refractivity contribution in [3.63, 3.8) is 0 Å². The van der Waals surface area contributed by atoms with Gasteiger partial charge in [-0.25, -0.2) is 0 Å². The van der Waals surface area contributed by atoms with Crippen LogP contribution in [0.15, 0.2) is 36.4 Å². The van der Waals surface area contributed by atoms with Crippen molar-refractivity contribution < 1.29 is 0 Å². The van der Waals surface area contributed by atoms with Gasteiger partial charge >= 0.3 is 0 Å². The van der Waals surface area contributed by atoms with Crippen LogP contribution in [0, 0.1) is 0 Å². The molecule has 106 valence electrons. The summed E-state index contributed by atoms with van der Waals surface area (Å²) in [6, 6.07) is 9.29. The second-order valence-corrected chi connectivity index (χ2v) is 5.76. The zero-order valence-corrected chi connectivity index (χ0v) is 12.9. The Hall–Kier alpha value is -1.12. The van der Waals surface area contributed by atoms with Crippen LogP contribution in [0.2, 0.25) is 0 Å². The first-order valence-electron chi connectivity index (χ1n) is 7.12. The minimum Gasteiger partial charge on any atom is -0.314 e. The fourth-order valence-corrected chi connectivity index (χ4v) is 2.26. The molecule has 1 aromatic rings. The van der Waals surface area contributed by atoms with Gasteiger partial charge in [0.05, 0.1) is 0 Å². The van der Waals surface area contributed by atoms with Crippen LogP contribution in [-0.2, 0) is 13.0 Å². The van der Waals surface area contributed by atoms with Gasteiger partial charge in [0.1, 0.15) is 0 Å². The number of nitrogens with one attached hydrogen (secondary N) is 1. The fourth-order valence-electron chi connectivity index (χ4n) is 2.26. The molecule has 0 saturated heterocycles. The maximum absolute atomic E-state index is 3.98. The molecule has 1 N–H and O–H groups in total. The predicted octanol–water partition coefficient (Wildman–Crippen LogP) is 3.24. The molecule has 0 aliphatic carbocycles. The zero-order chi connectivity index (χ0) is 14.3. The standard InChI is InChI=1S/C17H28N2/c1-14(2)12-19(5)13-17-9-7-6-8-16(17)10-11-18-15(3)4/h6-9,15,18H,1,10-13H2,2-5H3. The van der Waals surface area contributed by atoms with Crippen molar-refractivity contribution in [3.8, 4) is 0 Å². The smallest absolute Gasteiger partial charge is 0.0236 e. The van der Waals surface area contributed by atoms with Crippen molar-refractivity contribution in [2.75, 3.05) is 20.1 Å². The van der Waals surface area contributed by atoms with Crippen LogP contribution >= 0.6 is 0 Å². The topological polar surface area (TPSA) is 15.3 Å². The molecule has 1 rings (SSSR count). The van der Waals surface area contributed by atoms with Gasteiger partial charge in [0.15, 0.2) is 0 Å². The minimum atomic E-state index is 0.554. The highest BCUT2D eigenvalue weighted by atomic mass is 15.1. The molecule has 1 aromatic carbocycles. The SMILES string of the molecule is C=C(C)CN(C)Cc1ccccc1CCNC(C)C. The average molecular weight is 260 g/mol. The number of hydrogen-bond acceptors (Lipinski definition) is 2. The number of hydrogen-bond donors (Lipinski definition) is 1. The van der Waals surface area contributed by atoms with Crippen molar-refractivity contribution in [1.82, 2.24) is 10.2 Å². The summed E-state index contributed by atoms with van der Waals surface area (Å²) < 4.78 is 0. The Morgan fingerprint density at radius 3 is 2.47 bits per heavy atom. The van der Waals surface area contributed by atoms with E-state index in [-0.39, 0.29) is 0 Å². The maximum Gasteiger partial charge on any atom is 0.0236 e. The summed E-state index contributed by atoms with van der Waals surface area (Å²) in [5.74, 6) is 0. The first kappa shape index (κ1) is 15.9. The van der Waals surface area contributed by atoms with E-state index in [0.717, 1.165) is 26.1 Å². The third-order valence-electron chi connectivity index (χ3n) is 3.05. The molecule has 0 amide bonds. The van der Waals surface area contributed by atoms with Crippen molar-refractivity contribution in [1.29, 1.82) is 0 Å². The van der Waals surface area contributed by atoms with E-state index in [1.54, 1.807) is 0 Å². The number of nitrogens with zero attached hydrogens (tertiary/aromatic N) is 1. The van der Waals surface area contributed by atoms with E-state index in [1.807, 2.05) is 0 Å². The van der Waals surface area contributed by atoms with Crippen LogP contribution in [0.3, 0.4) is 0 Å². The molecule has 0 aliphatic rings. The van der Waals surface area contributed by atoms with Crippen molar-refractivity contribution in [2.45, 2.75) is 39.8 Å². The molecule has 19 heavy (non-hydrogen) atoms. The molecule has 0 fully saturated rings. The lowest BCUT2D eigenvalue weighted by Crippen LogP contribution is -2.26. The third-order valence-corrected chi connectivity index (χ3v) is 3.05. The molecule has 2 nitrogen and oxygen atoms in total. The van der Waals surface area contributed by atoms with E-state index in [1.165, 1.54) is 16.7 Å². The highest BCUT2D eigenvalue weighted by Gasteiger charge is 2.05. The third kappa shape index (κ3) is 6.55. The first-order chi connectivity index (χ1) is 8.99. The number of likely N-dealkylation sites (N-methyl/N-ethyl adjacent to an activating group) is 1. The van der Waals surface area contributed by atoms with Gasteiger partial charge in [-0.2, -0.15) is 0 Å². The summed E-state index contributed by atoms with van der Waals surface area (Å²) in [5, 5.41) is 3.48. The van der Waals surface area contributed by atoms with E-state index in [0.29, 0.717) is 6.04 Å². The molecular weight excluding hydrogens is 232 g/mol. The Morgan fingerprint density at radius 2 is 1.89 bits per heavy atom. The first-order valence-corrected chi connectivity index (χ1v) is 7.12. The summed E-state index contributed by atoms with van der Waals surface area (Å²) in [7, 11) is 2.15. The van der Waals surface area contributed by atoms with Crippen molar-refractivity contribution in [3.05, 3.63) is 47.5 Å². The molecule has 0 aromatic heterocycles. The molecule has 0 heterocycles. The second kappa shape index (κ2) is 8.13.